The number of hydrogen-bond acceptors (Lipinski definition) is 4. The molecule has 0 spiro atoms. The quantitative estimate of drug-likeness (QED) is 0.575. The van der Waals surface area contributed by atoms with E-state index in [2.05, 4.69) is 5.32 Å². The molecular formula is C15H21NO5. The first-order valence-electron chi connectivity index (χ1n) is 6.82. The lowest BCUT2D eigenvalue weighted by atomic mass is 9.94. The van der Waals surface area contributed by atoms with Crippen molar-refractivity contribution in [2.24, 2.45) is 11.8 Å². The number of phenolic OH excluding ortho intramolecular Hbond substituents is 2. The van der Waals surface area contributed by atoms with Crippen molar-refractivity contribution in [2.45, 2.75) is 26.7 Å². The molecule has 0 saturated heterocycles. The maximum Gasteiger partial charge on any atom is 0.303 e. The molecule has 6 heteroatoms. The lowest BCUT2D eigenvalue weighted by molar-refractivity contribution is -0.138. The van der Waals surface area contributed by atoms with Gasteiger partial charge < -0.3 is 20.6 Å². The lowest BCUT2D eigenvalue weighted by Crippen LogP contribution is -2.31. The first kappa shape index (κ1) is 16.8. The van der Waals surface area contributed by atoms with E-state index in [1.165, 1.54) is 18.2 Å². The van der Waals surface area contributed by atoms with E-state index >= 15 is 0 Å². The Morgan fingerprint density at radius 1 is 1.24 bits per heavy atom. The predicted molar refractivity (Wildman–Crippen MR) is 77.3 cm³/mol. The van der Waals surface area contributed by atoms with Crippen LogP contribution >= 0.6 is 0 Å². The molecule has 1 atom stereocenters. The number of carbonyl (C=O) groups is 2. The minimum atomic E-state index is -0.907. The van der Waals surface area contributed by atoms with Crippen molar-refractivity contribution >= 4 is 11.9 Å². The Labute approximate surface area is 123 Å². The molecule has 4 N–H and O–H groups in total. The predicted octanol–water partition coefficient (Wildman–Crippen LogP) is 1.96. The van der Waals surface area contributed by atoms with Crippen LogP contribution in [0.2, 0.25) is 0 Å². The summed E-state index contributed by atoms with van der Waals surface area (Å²) in [6.45, 7) is 4.17. The van der Waals surface area contributed by atoms with Gasteiger partial charge >= 0.3 is 5.97 Å². The molecule has 0 heterocycles. The summed E-state index contributed by atoms with van der Waals surface area (Å²) in [7, 11) is 0. The second kappa shape index (κ2) is 7.52. The molecule has 21 heavy (non-hydrogen) atoms. The molecular weight excluding hydrogens is 274 g/mol. The van der Waals surface area contributed by atoms with Crippen LogP contribution in [0.3, 0.4) is 0 Å². The topological polar surface area (TPSA) is 107 Å². The van der Waals surface area contributed by atoms with Gasteiger partial charge in [0, 0.05) is 13.0 Å². The molecule has 0 radical (unpaired) electrons. The highest BCUT2D eigenvalue weighted by Crippen LogP contribution is 2.28. The lowest BCUT2D eigenvalue weighted by Gasteiger charge is -2.18. The summed E-state index contributed by atoms with van der Waals surface area (Å²) >= 11 is 0. The van der Waals surface area contributed by atoms with Gasteiger partial charge in [0.05, 0.1) is 5.56 Å². The summed E-state index contributed by atoms with van der Waals surface area (Å²) < 4.78 is 0. The molecule has 1 aromatic rings. The van der Waals surface area contributed by atoms with E-state index in [-0.39, 0.29) is 30.2 Å². The van der Waals surface area contributed by atoms with Crippen LogP contribution in [0.1, 0.15) is 37.0 Å². The van der Waals surface area contributed by atoms with Crippen molar-refractivity contribution in [1.82, 2.24) is 5.32 Å². The van der Waals surface area contributed by atoms with Crippen molar-refractivity contribution in [3.8, 4) is 11.5 Å². The molecule has 0 fully saturated rings. The number of amides is 1. The van der Waals surface area contributed by atoms with Crippen LogP contribution in [0.5, 0.6) is 11.5 Å². The molecule has 1 amide bonds. The number of carbonyl (C=O) groups excluding carboxylic acids is 1. The number of phenols is 2. The number of aliphatic carboxylic acids is 1. The number of aromatic hydroxyl groups is 2. The molecule has 6 nitrogen and oxygen atoms in total. The highest BCUT2D eigenvalue weighted by molar-refractivity contribution is 5.97. The van der Waals surface area contributed by atoms with Crippen LogP contribution in [-0.4, -0.2) is 33.7 Å². The largest absolute Gasteiger partial charge is 0.504 e. The Hall–Kier alpha value is -2.24. The number of hydrogen-bond donors (Lipinski definition) is 4. The van der Waals surface area contributed by atoms with Gasteiger partial charge in [-0.05, 0) is 30.4 Å². The molecule has 1 aromatic carbocycles. The molecule has 0 aliphatic rings. The Kier molecular flexibility index (Phi) is 6.02. The van der Waals surface area contributed by atoms with Crippen molar-refractivity contribution in [2.75, 3.05) is 6.54 Å². The summed E-state index contributed by atoms with van der Waals surface area (Å²) in [5.41, 5.74) is -0.0337. The van der Waals surface area contributed by atoms with Gasteiger partial charge in [0.25, 0.3) is 5.91 Å². The smallest absolute Gasteiger partial charge is 0.303 e. The Morgan fingerprint density at radius 2 is 1.90 bits per heavy atom. The first-order chi connectivity index (χ1) is 9.81. The van der Waals surface area contributed by atoms with Gasteiger partial charge in [-0.1, -0.05) is 19.9 Å². The van der Waals surface area contributed by atoms with E-state index in [9.17, 15) is 19.8 Å². The van der Waals surface area contributed by atoms with E-state index in [1.54, 1.807) is 0 Å². The fraction of sp³-hybridized carbons (Fsp3) is 0.467. The maximum absolute atomic E-state index is 12.0. The van der Waals surface area contributed by atoms with E-state index in [1.807, 2.05) is 13.8 Å². The van der Waals surface area contributed by atoms with Crippen molar-refractivity contribution in [3.05, 3.63) is 23.8 Å². The molecule has 0 aliphatic carbocycles. The van der Waals surface area contributed by atoms with Gasteiger partial charge in [0.1, 0.15) is 0 Å². The highest BCUT2D eigenvalue weighted by Gasteiger charge is 2.18. The summed E-state index contributed by atoms with van der Waals surface area (Å²) in [5.74, 6) is -2.15. The highest BCUT2D eigenvalue weighted by atomic mass is 16.4. The number of rotatable bonds is 7. The summed E-state index contributed by atoms with van der Waals surface area (Å²) in [5, 5.41) is 30.5. The summed E-state index contributed by atoms with van der Waals surface area (Å²) in [6.07, 6.45) is 0.656. The van der Waals surface area contributed by atoms with Crippen molar-refractivity contribution < 1.29 is 24.9 Å². The van der Waals surface area contributed by atoms with Gasteiger partial charge in [-0.2, -0.15) is 0 Å². The Balaban J connectivity index is 2.68. The average molecular weight is 295 g/mol. The standard InChI is InChI=1S/C15H21NO5/c1-9(2)6-10(7-13(18)19)8-16-15(21)11-4-3-5-12(17)14(11)20/h3-5,9-10,17,20H,6-8H2,1-2H3,(H,16,21)(H,18,19). The molecule has 116 valence electrons. The number of para-hydroxylation sites is 1. The third-order valence-corrected chi connectivity index (χ3v) is 3.08. The van der Waals surface area contributed by atoms with Gasteiger partial charge in [0.2, 0.25) is 0 Å². The zero-order valence-corrected chi connectivity index (χ0v) is 12.2. The molecule has 1 rings (SSSR count). The third-order valence-electron chi connectivity index (χ3n) is 3.08. The summed E-state index contributed by atoms with van der Waals surface area (Å²) in [6, 6.07) is 4.12. The van der Waals surface area contributed by atoms with E-state index in [4.69, 9.17) is 5.11 Å². The molecule has 1 unspecified atom stereocenters. The van der Waals surface area contributed by atoms with E-state index < -0.39 is 17.6 Å². The van der Waals surface area contributed by atoms with Crippen LogP contribution in [-0.2, 0) is 4.79 Å². The number of carboxylic acid groups (broad SMARTS) is 1. The SMILES string of the molecule is CC(C)CC(CNC(=O)c1cccc(O)c1O)CC(=O)O. The molecule has 0 aliphatic heterocycles. The molecule has 0 aromatic heterocycles. The number of benzene rings is 1. The van der Waals surface area contributed by atoms with Crippen molar-refractivity contribution in [1.29, 1.82) is 0 Å². The van der Waals surface area contributed by atoms with Gasteiger partial charge in [-0.25, -0.2) is 0 Å². The second-order valence-corrected chi connectivity index (χ2v) is 5.48. The van der Waals surface area contributed by atoms with Gasteiger partial charge in [-0.3, -0.25) is 9.59 Å². The van der Waals surface area contributed by atoms with Crippen LogP contribution < -0.4 is 5.32 Å². The Morgan fingerprint density at radius 3 is 2.48 bits per heavy atom. The van der Waals surface area contributed by atoms with E-state index in [0.29, 0.717) is 12.3 Å². The van der Waals surface area contributed by atoms with E-state index in [0.717, 1.165) is 0 Å². The minimum absolute atomic E-state index is 0.0233. The number of nitrogens with one attached hydrogen (secondary N) is 1. The maximum atomic E-state index is 12.0. The van der Waals surface area contributed by atoms with Gasteiger partial charge in [-0.15, -0.1) is 0 Å². The fourth-order valence-electron chi connectivity index (χ4n) is 2.20. The fourth-order valence-corrected chi connectivity index (χ4v) is 2.20. The number of carboxylic acids is 1. The monoisotopic (exact) mass is 295 g/mol. The average Bonchev–Trinajstić information content (AvgIpc) is 2.37. The molecule has 0 saturated carbocycles. The zero-order chi connectivity index (χ0) is 16.0. The molecule has 0 bridgehead atoms. The third kappa shape index (κ3) is 5.33. The van der Waals surface area contributed by atoms with Crippen LogP contribution in [0, 0.1) is 11.8 Å². The summed E-state index contributed by atoms with van der Waals surface area (Å²) in [4.78, 5) is 22.8. The Bertz CT molecular complexity index is 513. The zero-order valence-electron chi connectivity index (χ0n) is 12.2. The second-order valence-electron chi connectivity index (χ2n) is 5.48. The van der Waals surface area contributed by atoms with Crippen LogP contribution in [0.15, 0.2) is 18.2 Å². The normalized spacial score (nSPS) is 12.1. The van der Waals surface area contributed by atoms with Crippen LogP contribution in [0.25, 0.3) is 0 Å². The van der Waals surface area contributed by atoms with Crippen LogP contribution in [0.4, 0.5) is 0 Å². The van der Waals surface area contributed by atoms with Crippen molar-refractivity contribution in [3.63, 3.8) is 0 Å². The minimum Gasteiger partial charge on any atom is -0.504 e. The van der Waals surface area contributed by atoms with Gasteiger partial charge in [0.15, 0.2) is 11.5 Å². The first-order valence-corrected chi connectivity index (χ1v) is 6.82.